The number of aryl methyl sites for hydroxylation is 1. The number of carbonyl (C=O) groups excluding carboxylic acids is 2. The van der Waals surface area contributed by atoms with E-state index in [2.05, 4.69) is 27.8 Å². The molecule has 0 radical (unpaired) electrons. The molecule has 116 valence electrons. The van der Waals surface area contributed by atoms with E-state index < -0.39 is 0 Å². The first kappa shape index (κ1) is 15.8. The number of carbonyl (C=O) groups is 2. The monoisotopic (exact) mass is 300 g/mol. The highest BCUT2D eigenvalue weighted by Crippen LogP contribution is 2.16. The second-order valence-corrected chi connectivity index (χ2v) is 4.97. The first-order valence-corrected chi connectivity index (χ1v) is 7.38. The van der Waals surface area contributed by atoms with Crippen LogP contribution in [0, 0.1) is 0 Å². The molecule has 1 heterocycles. The molecule has 2 amide bonds. The smallest absolute Gasteiger partial charge is 0.276 e. The number of anilines is 2. The molecule has 3 N–H and O–H groups in total. The summed E-state index contributed by atoms with van der Waals surface area (Å²) in [5, 5.41) is 12.4. The molecule has 0 fully saturated rings. The fourth-order valence-electron chi connectivity index (χ4n) is 1.99. The number of amides is 2. The molecule has 0 aliphatic carbocycles. The van der Waals surface area contributed by atoms with E-state index in [1.54, 1.807) is 37.3 Å². The van der Waals surface area contributed by atoms with Gasteiger partial charge >= 0.3 is 0 Å². The molecule has 1 aromatic carbocycles. The van der Waals surface area contributed by atoms with Crippen molar-refractivity contribution < 1.29 is 9.59 Å². The molecule has 0 bridgehead atoms. The lowest BCUT2D eigenvalue weighted by atomic mass is 10.2. The summed E-state index contributed by atoms with van der Waals surface area (Å²) in [6.07, 6.45) is 2.26. The summed E-state index contributed by atoms with van der Waals surface area (Å²) < 4.78 is 0. The number of hydrogen-bond donors (Lipinski definition) is 3. The molecular formula is C16H20N4O2. The number of nitrogens with zero attached hydrogens (tertiary/aromatic N) is 1. The van der Waals surface area contributed by atoms with Crippen LogP contribution in [0.2, 0.25) is 0 Å². The van der Waals surface area contributed by atoms with Crippen LogP contribution in [0.3, 0.4) is 0 Å². The molecule has 1 aromatic heterocycles. The van der Waals surface area contributed by atoms with E-state index in [9.17, 15) is 9.59 Å². The van der Waals surface area contributed by atoms with Crippen LogP contribution < -0.4 is 10.6 Å². The van der Waals surface area contributed by atoms with Crippen molar-refractivity contribution in [3.63, 3.8) is 0 Å². The molecule has 0 saturated heterocycles. The topological polar surface area (TPSA) is 86.9 Å². The number of benzene rings is 1. The van der Waals surface area contributed by atoms with E-state index in [0.717, 1.165) is 18.5 Å². The maximum Gasteiger partial charge on any atom is 0.276 e. The van der Waals surface area contributed by atoms with Gasteiger partial charge in [0.25, 0.3) is 5.91 Å². The minimum absolute atomic E-state index is 0.0695. The Bertz CT molecular complexity index is 664. The Morgan fingerprint density at radius 2 is 1.86 bits per heavy atom. The number of aromatic amines is 1. The predicted molar refractivity (Wildman–Crippen MR) is 85.9 cm³/mol. The molecule has 0 atom stereocenters. The van der Waals surface area contributed by atoms with Crippen molar-refractivity contribution in [1.82, 2.24) is 10.2 Å². The summed E-state index contributed by atoms with van der Waals surface area (Å²) in [7, 11) is 0. The summed E-state index contributed by atoms with van der Waals surface area (Å²) in [6, 6.07) is 8.77. The summed E-state index contributed by atoms with van der Waals surface area (Å²) in [5.74, 6) is -0.349. The zero-order valence-electron chi connectivity index (χ0n) is 12.8. The second kappa shape index (κ2) is 7.40. The van der Waals surface area contributed by atoms with Crippen LogP contribution in [0.4, 0.5) is 11.4 Å². The van der Waals surface area contributed by atoms with Gasteiger partial charge in [0.2, 0.25) is 5.91 Å². The summed E-state index contributed by atoms with van der Waals surface area (Å²) in [5.41, 5.74) is 2.56. The van der Waals surface area contributed by atoms with E-state index in [4.69, 9.17) is 0 Å². The molecule has 6 nitrogen and oxygen atoms in total. The maximum absolute atomic E-state index is 12.1. The Labute approximate surface area is 129 Å². The van der Waals surface area contributed by atoms with Crippen molar-refractivity contribution in [3.8, 4) is 0 Å². The van der Waals surface area contributed by atoms with Gasteiger partial charge in [-0.2, -0.15) is 5.10 Å². The van der Waals surface area contributed by atoms with Gasteiger partial charge in [-0.25, -0.2) is 0 Å². The predicted octanol–water partition coefficient (Wildman–Crippen LogP) is 2.96. The van der Waals surface area contributed by atoms with Crippen LogP contribution >= 0.6 is 0 Å². The average molecular weight is 300 g/mol. The van der Waals surface area contributed by atoms with Gasteiger partial charge in [-0.15, -0.1) is 0 Å². The fraction of sp³-hybridized carbons (Fsp3) is 0.312. The van der Waals surface area contributed by atoms with E-state index in [-0.39, 0.29) is 11.8 Å². The van der Waals surface area contributed by atoms with Crippen LogP contribution in [0.5, 0.6) is 0 Å². The first-order chi connectivity index (χ1) is 10.6. The lowest BCUT2D eigenvalue weighted by Crippen LogP contribution is -2.13. The van der Waals surface area contributed by atoms with Gasteiger partial charge in [0.1, 0.15) is 0 Å². The highest BCUT2D eigenvalue weighted by molar-refractivity contribution is 6.03. The van der Waals surface area contributed by atoms with Crippen molar-refractivity contribution in [1.29, 1.82) is 0 Å². The molecular weight excluding hydrogens is 280 g/mol. The molecule has 0 spiro atoms. The molecule has 0 aliphatic rings. The molecule has 0 aliphatic heterocycles. The van der Waals surface area contributed by atoms with Crippen LogP contribution in [-0.2, 0) is 11.2 Å². The number of rotatable bonds is 6. The minimum atomic E-state index is -0.280. The molecule has 22 heavy (non-hydrogen) atoms. The SMILES string of the molecule is CCCc1cc(C(=O)Nc2cccc(NC(=O)CC)c2)n[nH]1. The minimum Gasteiger partial charge on any atom is -0.326 e. The fourth-order valence-corrected chi connectivity index (χ4v) is 1.99. The van der Waals surface area contributed by atoms with Crippen molar-refractivity contribution in [3.05, 3.63) is 41.7 Å². The molecule has 2 aromatic rings. The Hall–Kier alpha value is -2.63. The van der Waals surface area contributed by atoms with E-state index in [1.165, 1.54) is 0 Å². The summed E-state index contributed by atoms with van der Waals surface area (Å²) in [6.45, 7) is 3.85. The third-order valence-corrected chi connectivity index (χ3v) is 3.11. The molecule has 0 unspecified atom stereocenters. The third kappa shape index (κ3) is 4.18. The Balaban J connectivity index is 2.04. The van der Waals surface area contributed by atoms with Crippen molar-refractivity contribution >= 4 is 23.2 Å². The van der Waals surface area contributed by atoms with Crippen molar-refractivity contribution in [2.45, 2.75) is 33.1 Å². The summed E-state index contributed by atoms with van der Waals surface area (Å²) in [4.78, 5) is 23.5. The quantitative estimate of drug-likeness (QED) is 0.766. The van der Waals surface area contributed by atoms with Crippen LogP contribution in [0.15, 0.2) is 30.3 Å². The first-order valence-electron chi connectivity index (χ1n) is 7.38. The summed E-state index contributed by atoms with van der Waals surface area (Å²) >= 11 is 0. The average Bonchev–Trinajstić information content (AvgIpc) is 2.96. The number of nitrogens with one attached hydrogen (secondary N) is 3. The van der Waals surface area contributed by atoms with Gasteiger partial charge in [-0.05, 0) is 30.7 Å². The van der Waals surface area contributed by atoms with Gasteiger partial charge in [0.15, 0.2) is 5.69 Å². The molecule has 0 saturated carbocycles. The van der Waals surface area contributed by atoms with Crippen LogP contribution in [-0.4, -0.2) is 22.0 Å². The number of aromatic nitrogens is 2. The van der Waals surface area contributed by atoms with E-state index >= 15 is 0 Å². The van der Waals surface area contributed by atoms with E-state index in [1.807, 2.05) is 0 Å². The highest BCUT2D eigenvalue weighted by atomic mass is 16.2. The van der Waals surface area contributed by atoms with Gasteiger partial charge < -0.3 is 10.6 Å². The van der Waals surface area contributed by atoms with Crippen molar-refractivity contribution in [2.75, 3.05) is 10.6 Å². The third-order valence-electron chi connectivity index (χ3n) is 3.11. The number of hydrogen-bond acceptors (Lipinski definition) is 3. The zero-order chi connectivity index (χ0) is 15.9. The maximum atomic E-state index is 12.1. The Morgan fingerprint density at radius 3 is 2.55 bits per heavy atom. The Morgan fingerprint density at radius 1 is 1.14 bits per heavy atom. The van der Waals surface area contributed by atoms with Gasteiger partial charge in [-0.3, -0.25) is 14.7 Å². The lowest BCUT2D eigenvalue weighted by Gasteiger charge is -2.07. The zero-order valence-corrected chi connectivity index (χ0v) is 12.8. The lowest BCUT2D eigenvalue weighted by molar-refractivity contribution is -0.115. The van der Waals surface area contributed by atoms with E-state index in [0.29, 0.717) is 23.5 Å². The number of H-pyrrole nitrogens is 1. The van der Waals surface area contributed by atoms with Crippen LogP contribution in [0.1, 0.15) is 42.9 Å². The van der Waals surface area contributed by atoms with Gasteiger partial charge in [-0.1, -0.05) is 26.3 Å². The molecule has 6 heteroatoms. The standard InChI is InChI=1S/C16H20N4O2/c1-3-6-13-10-14(20-19-13)16(22)18-12-8-5-7-11(9-12)17-15(21)4-2/h5,7-10H,3-4,6H2,1-2H3,(H,17,21)(H,18,22)(H,19,20). The second-order valence-electron chi connectivity index (χ2n) is 4.97. The highest BCUT2D eigenvalue weighted by Gasteiger charge is 2.11. The molecule has 2 rings (SSSR count). The largest absolute Gasteiger partial charge is 0.326 e. The van der Waals surface area contributed by atoms with Gasteiger partial charge in [0.05, 0.1) is 0 Å². The van der Waals surface area contributed by atoms with Crippen molar-refractivity contribution in [2.24, 2.45) is 0 Å². The van der Waals surface area contributed by atoms with Crippen LogP contribution in [0.25, 0.3) is 0 Å². The normalized spacial score (nSPS) is 10.3. The van der Waals surface area contributed by atoms with Gasteiger partial charge in [0, 0.05) is 23.5 Å². The Kier molecular flexibility index (Phi) is 5.30.